The summed E-state index contributed by atoms with van der Waals surface area (Å²) in [7, 11) is 0. The molecule has 1 aromatic heterocycles. The fourth-order valence-corrected chi connectivity index (χ4v) is 4.38. The van der Waals surface area contributed by atoms with Gasteiger partial charge in [-0.2, -0.15) is 0 Å². The van der Waals surface area contributed by atoms with E-state index in [1.807, 2.05) is 82.3 Å². The molecule has 4 rings (SSSR count). The van der Waals surface area contributed by atoms with E-state index in [-0.39, 0.29) is 11.5 Å². The van der Waals surface area contributed by atoms with Gasteiger partial charge in [0.2, 0.25) is 0 Å². The molecule has 1 unspecified atom stereocenters. The number of fused-ring (bicyclic) bond motifs is 1. The Labute approximate surface area is 204 Å². The fraction of sp³-hybridized carbons (Fsp3) is 0.250. The Kier molecular flexibility index (Phi) is 6.85. The smallest absolute Gasteiger partial charge is 0.266 e. The molecule has 1 amide bonds. The zero-order chi connectivity index (χ0) is 24.4. The predicted octanol–water partition coefficient (Wildman–Crippen LogP) is 6.27. The van der Waals surface area contributed by atoms with E-state index in [4.69, 9.17) is 16.6 Å². The summed E-state index contributed by atoms with van der Waals surface area (Å²) in [5, 5.41) is 1.09. The first-order valence-corrected chi connectivity index (χ1v) is 11.9. The lowest BCUT2D eigenvalue weighted by molar-refractivity contribution is 0.0681. The molecule has 4 aromatic rings. The van der Waals surface area contributed by atoms with Crippen LogP contribution in [0.3, 0.4) is 0 Å². The maximum atomic E-state index is 13.8. The highest BCUT2D eigenvalue weighted by molar-refractivity contribution is 6.31. The molecular weight excluding hydrogens is 446 g/mol. The molecule has 1 atom stereocenters. The van der Waals surface area contributed by atoms with Crippen LogP contribution in [0.1, 0.15) is 53.6 Å². The normalized spacial score (nSPS) is 12.0. The third kappa shape index (κ3) is 4.36. The average molecular weight is 474 g/mol. The minimum atomic E-state index is -0.454. The molecule has 0 saturated carbocycles. The van der Waals surface area contributed by atoms with E-state index < -0.39 is 6.04 Å². The fourth-order valence-electron chi connectivity index (χ4n) is 4.21. The Bertz CT molecular complexity index is 1410. The van der Waals surface area contributed by atoms with Crippen LogP contribution in [0.25, 0.3) is 16.6 Å². The molecule has 0 aliphatic rings. The van der Waals surface area contributed by atoms with E-state index in [9.17, 15) is 9.59 Å². The Balaban J connectivity index is 1.94. The van der Waals surface area contributed by atoms with E-state index >= 15 is 0 Å². The number of carbonyl (C=O) groups excluding carboxylic acids is 1. The zero-order valence-corrected chi connectivity index (χ0v) is 20.6. The number of hydrogen-bond donors (Lipinski definition) is 0. The second-order valence-corrected chi connectivity index (χ2v) is 8.96. The molecule has 174 valence electrons. The highest BCUT2D eigenvalue weighted by Crippen LogP contribution is 2.28. The van der Waals surface area contributed by atoms with Gasteiger partial charge in [-0.1, -0.05) is 54.4 Å². The second-order valence-electron chi connectivity index (χ2n) is 8.55. The van der Waals surface area contributed by atoms with Crippen LogP contribution < -0.4 is 5.56 Å². The van der Waals surface area contributed by atoms with Crippen LogP contribution in [0.5, 0.6) is 0 Å². The average Bonchev–Trinajstić information content (AvgIpc) is 2.84. The third-order valence-corrected chi connectivity index (χ3v) is 6.56. The summed E-state index contributed by atoms with van der Waals surface area (Å²) < 4.78 is 1.61. The van der Waals surface area contributed by atoms with E-state index in [1.54, 1.807) is 21.6 Å². The van der Waals surface area contributed by atoms with Crippen molar-refractivity contribution in [3.63, 3.8) is 0 Å². The van der Waals surface area contributed by atoms with Gasteiger partial charge in [-0.3, -0.25) is 14.2 Å². The van der Waals surface area contributed by atoms with Crippen molar-refractivity contribution in [3.05, 3.63) is 105 Å². The van der Waals surface area contributed by atoms with Crippen molar-refractivity contribution >= 4 is 28.4 Å². The Hall–Kier alpha value is -3.44. The number of amides is 1. The second kappa shape index (κ2) is 9.82. The Morgan fingerprint density at radius 3 is 2.44 bits per heavy atom. The van der Waals surface area contributed by atoms with E-state index in [0.29, 0.717) is 39.5 Å². The van der Waals surface area contributed by atoms with Crippen LogP contribution in [0.15, 0.2) is 71.5 Å². The van der Waals surface area contributed by atoms with Gasteiger partial charge < -0.3 is 4.90 Å². The van der Waals surface area contributed by atoms with Crippen molar-refractivity contribution in [1.82, 2.24) is 14.5 Å². The number of rotatable bonds is 6. The molecule has 0 spiro atoms. The van der Waals surface area contributed by atoms with E-state index in [1.165, 1.54) is 0 Å². The number of aromatic nitrogens is 2. The van der Waals surface area contributed by atoms with Gasteiger partial charge in [0, 0.05) is 17.1 Å². The predicted molar refractivity (Wildman–Crippen MR) is 138 cm³/mol. The molecular formula is C28H28ClN3O2. The molecule has 34 heavy (non-hydrogen) atoms. The molecule has 0 bridgehead atoms. The summed E-state index contributed by atoms with van der Waals surface area (Å²) in [4.78, 5) is 34.0. The lowest BCUT2D eigenvalue weighted by Gasteiger charge is -2.31. The monoisotopic (exact) mass is 473 g/mol. The molecule has 3 aromatic carbocycles. The Morgan fingerprint density at radius 1 is 1.03 bits per heavy atom. The van der Waals surface area contributed by atoms with Gasteiger partial charge in [0.1, 0.15) is 5.82 Å². The number of carbonyl (C=O) groups is 1. The summed E-state index contributed by atoms with van der Waals surface area (Å²) in [5.74, 6) is 0.411. The van der Waals surface area contributed by atoms with Crippen LogP contribution in [0, 0.1) is 13.8 Å². The SMILES string of the molecule is CCCN(C(=O)c1ccc(C)cc1)C(C)c1nc2ccccc2c(=O)n1-c1cccc(Cl)c1C. The summed E-state index contributed by atoms with van der Waals surface area (Å²) in [5.41, 5.74) is 3.56. The van der Waals surface area contributed by atoms with Crippen LogP contribution in [0.4, 0.5) is 0 Å². The van der Waals surface area contributed by atoms with Gasteiger partial charge in [0.15, 0.2) is 0 Å². The van der Waals surface area contributed by atoms with Crippen molar-refractivity contribution in [2.45, 2.75) is 40.2 Å². The number of halogens is 1. The zero-order valence-electron chi connectivity index (χ0n) is 19.9. The Morgan fingerprint density at radius 2 is 1.74 bits per heavy atom. The molecule has 0 N–H and O–H groups in total. The van der Waals surface area contributed by atoms with Gasteiger partial charge in [-0.15, -0.1) is 0 Å². The number of nitrogens with zero attached hydrogens (tertiary/aromatic N) is 3. The highest BCUT2D eigenvalue weighted by atomic mass is 35.5. The summed E-state index contributed by atoms with van der Waals surface area (Å²) in [6.07, 6.45) is 0.774. The standard InChI is InChI=1S/C28H28ClN3O2/c1-5-17-31(27(33)21-15-13-18(2)14-16-21)20(4)26-30-24-11-7-6-9-22(24)28(34)32(26)25-12-8-10-23(29)19(25)3/h6-16,20H,5,17H2,1-4H3. The maximum absolute atomic E-state index is 13.8. The number of para-hydroxylation sites is 1. The first-order chi connectivity index (χ1) is 16.3. The van der Waals surface area contributed by atoms with Crippen LogP contribution in [0.2, 0.25) is 5.02 Å². The summed E-state index contributed by atoms with van der Waals surface area (Å²) in [6, 6.07) is 19.9. The van der Waals surface area contributed by atoms with Gasteiger partial charge in [0.05, 0.1) is 22.6 Å². The molecule has 0 saturated heterocycles. The minimum absolute atomic E-state index is 0.0916. The third-order valence-electron chi connectivity index (χ3n) is 6.15. The summed E-state index contributed by atoms with van der Waals surface area (Å²) in [6.45, 7) is 8.37. The molecule has 0 aliphatic carbocycles. The van der Waals surface area contributed by atoms with Gasteiger partial charge in [-0.05, 0) is 69.2 Å². The van der Waals surface area contributed by atoms with Crippen molar-refractivity contribution in [1.29, 1.82) is 0 Å². The maximum Gasteiger partial charge on any atom is 0.266 e. The van der Waals surface area contributed by atoms with E-state index in [0.717, 1.165) is 17.5 Å². The first-order valence-electron chi connectivity index (χ1n) is 11.5. The van der Waals surface area contributed by atoms with Crippen molar-refractivity contribution in [2.24, 2.45) is 0 Å². The molecule has 1 heterocycles. The van der Waals surface area contributed by atoms with Gasteiger partial charge in [0.25, 0.3) is 11.5 Å². The lowest BCUT2D eigenvalue weighted by Crippen LogP contribution is -2.38. The van der Waals surface area contributed by atoms with Crippen LogP contribution in [-0.2, 0) is 0 Å². The molecule has 0 fully saturated rings. The molecule has 0 aliphatic heterocycles. The number of aryl methyl sites for hydroxylation is 1. The number of hydrogen-bond acceptors (Lipinski definition) is 3. The largest absolute Gasteiger partial charge is 0.329 e. The first kappa shape index (κ1) is 23.7. The van der Waals surface area contributed by atoms with Gasteiger partial charge >= 0.3 is 0 Å². The molecule has 0 radical (unpaired) electrons. The van der Waals surface area contributed by atoms with Crippen LogP contribution in [-0.4, -0.2) is 26.9 Å². The lowest BCUT2D eigenvalue weighted by atomic mass is 10.1. The van der Waals surface area contributed by atoms with Gasteiger partial charge in [-0.25, -0.2) is 4.98 Å². The quantitative estimate of drug-likeness (QED) is 0.331. The topological polar surface area (TPSA) is 55.2 Å². The van der Waals surface area contributed by atoms with Crippen LogP contribution >= 0.6 is 11.6 Å². The molecule has 5 nitrogen and oxygen atoms in total. The van der Waals surface area contributed by atoms with E-state index in [2.05, 4.69) is 0 Å². The van der Waals surface area contributed by atoms with Crippen molar-refractivity contribution in [3.8, 4) is 5.69 Å². The minimum Gasteiger partial charge on any atom is -0.329 e. The van der Waals surface area contributed by atoms with Crippen molar-refractivity contribution in [2.75, 3.05) is 6.54 Å². The summed E-state index contributed by atoms with van der Waals surface area (Å²) >= 11 is 6.42. The van der Waals surface area contributed by atoms with Crippen molar-refractivity contribution < 1.29 is 4.79 Å². The number of benzene rings is 3. The highest BCUT2D eigenvalue weighted by Gasteiger charge is 2.27. The molecule has 6 heteroatoms.